The van der Waals surface area contributed by atoms with E-state index in [1.54, 1.807) is 0 Å². The van der Waals surface area contributed by atoms with E-state index in [-0.39, 0.29) is 10.9 Å². The fraction of sp³-hybridized carbons (Fsp3) is 0.381. The Hall–Kier alpha value is -1.91. The van der Waals surface area contributed by atoms with Crippen molar-refractivity contribution in [3.05, 3.63) is 60.7 Å². The highest BCUT2D eigenvalue weighted by Crippen LogP contribution is 2.37. The minimum Gasteiger partial charge on any atom is -0.557 e. The minimum absolute atomic E-state index is 0.108. The van der Waals surface area contributed by atoms with E-state index in [9.17, 15) is 4.79 Å². The molecule has 0 saturated carbocycles. The van der Waals surface area contributed by atoms with Crippen molar-refractivity contribution in [1.82, 2.24) is 0 Å². The van der Waals surface area contributed by atoms with Crippen LogP contribution >= 0.6 is 0 Å². The Labute approximate surface area is 152 Å². The number of primary amides is 1. The van der Waals surface area contributed by atoms with Gasteiger partial charge < -0.3 is 10.2 Å². The second-order valence-corrected chi connectivity index (χ2v) is 12.5. The van der Waals surface area contributed by atoms with Gasteiger partial charge >= 0.3 is 0 Å². The molecule has 3 nitrogen and oxygen atoms in total. The molecule has 1 amide bonds. The van der Waals surface area contributed by atoms with Gasteiger partial charge in [0.25, 0.3) is 0 Å². The van der Waals surface area contributed by atoms with Crippen molar-refractivity contribution >= 4 is 24.6 Å². The van der Waals surface area contributed by atoms with Crippen LogP contribution < -0.4 is 16.1 Å². The van der Waals surface area contributed by atoms with Crippen LogP contribution in [0.3, 0.4) is 0 Å². The van der Waals surface area contributed by atoms with Gasteiger partial charge in [0.2, 0.25) is 5.91 Å². The monoisotopic (exact) mass is 355 g/mol. The first kappa shape index (κ1) is 19.4. The predicted octanol–water partition coefficient (Wildman–Crippen LogP) is 3.07. The zero-order valence-electron chi connectivity index (χ0n) is 15.9. The van der Waals surface area contributed by atoms with Crippen molar-refractivity contribution in [2.45, 2.75) is 39.7 Å². The molecule has 135 valence electrons. The van der Waals surface area contributed by atoms with Crippen LogP contribution in [0.25, 0.3) is 0 Å². The molecule has 2 N–H and O–H groups in total. The number of hydrogen-bond donors (Lipinski definition) is 1. The highest BCUT2D eigenvalue weighted by molar-refractivity contribution is 6.99. The lowest BCUT2D eigenvalue weighted by Gasteiger charge is -2.56. The van der Waals surface area contributed by atoms with Crippen LogP contribution in [0, 0.1) is 5.41 Å². The van der Waals surface area contributed by atoms with Crippen LogP contribution in [0.5, 0.6) is 0 Å². The zero-order chi connectivity index (χ0) is 18.7. The summed E-state index contributed by atoms with van der Waals surface area (Å²) in [6.45, 7) is 10.6. The van der Waals surface area contributed by atoms with Gasteiger partial charge in [-0.15, -0.1) is 5.04 Å². The van der Waals surface area contributed by atoms with E-state index >= 15 is 0 Å². The highest BCUT2D eigenvalue weighted by Gasteiger charge is 2.39. The van der Waals surface area contributed by atoms with Crippen molar-refractivity contribution in [1.29, 1.82) is 0 Å². The molecule has 2 aromatic carbocycles. The average Bonchev–Trinajstić information content (AvgIpc) is 2.56. The first-order valence-electron chi connectivity index (χ1n) is 8.66. The Morgan fingerprint density at radius 1 is 0.880 bits per heavy atom. The van der Waals surface area contributed by atoms with Gasteiger partial charge in [0.05, 0.1) is 13.7 Å². The third kappa shape index (κ3) is 3.85. The maximum absolute atomic E-state index is 11.8. The summed E-state index contributed by atoms with van der Waals surface area (Å²) in [5.74, 6) is -0.342. The molecule has 0 aliphatic rings. The summed E-state index contributed by atoms with van der Waals surface area (Å²) < 4.78 is 6.73. The molecule has 0 aromatic heterocycles. The van der Waals surface area contributed by atoms with Crippen molar-refractivity contribution in [3.8, 4) is 0 Å². The van der Waals surface area contributed by atoms with Gasteiger partial charge in [0.1, 0.15) is 0 Å². The lowest BCUT2D eigenvalue weighted by molar-refractivity contribution is -0.127. The SMILES string of the molecule is CC(C)(CO[Si-](c1ccccc1)(c1ccccc1)C(C)(C)C)C(N)=O. The second-order valence-electron chi connectivity index (χ2n) is 8.20. The van der Waals surface area contributed by atoms with E-state index in [4.69, 9.17) is 10.2 Å². The fourth-order valence-electron chi connectivity index (χ4n) is 3.12. The van der Waals surface area contributed by atoms with Crippen LogP contribution in [-0.4, -0.2) is 20.8 Å². The van der Waals surface area contributed by atoms with Crippen molar-refractivity contribution in [3.63, 3.8) is 0 Å². The molecule has 0 unspecified atom stereocenters. The van der Waals surface area contributed by atoms with Crippen LogP contribution in [0.15, 0.2) is 60.7 Å². The van der Waals surface area contributed by atoms with Gasteiger partial charge in [-0.05, 0) is 13.8 Å². The molecule has 0 fully saturated rings. The average molecular weight is 356 g/mol. The van der Waals surface area contributed by atoms with E-state index in [0.717, 1.165) is 0 Å². The summed E-state index contributed by atoms with van der Waals surface area (Å²) in [6, 6.07) is 20.8. The standard InChI is InChI=1S/C21H29NO2Si/c1-20(2,3)25(17-12-8-6-9-13-17,18-14-10-7-11-15-18)24-16-21(4,5)19(22)23/h6-15H,16H2,1-5H3,(H2,22,23)/q-1. The molecule has 0 radical (unpaired) electrons. The van der Waals surface area contributed by atoms with Crippen molar-refractivity contribution in [2.75, 3.05) is 6.61 Å². The number of amides is 1. The summed E-state index contributed by atoms with van der Waals surface area (Å²) in [5.41, 5.74) is 4.87. The Kier molecular flexibility index (Phi) is 5.54. The molecule has 0 spiro atoms. The Bertz CT molecular complexity index is 666. The van der Waals surface area contributed by atoms with Crippen molar-refractivity contribution in [2.24, 2.45) is 11.1 Å². The molecule has 0 aliphatic heterocycles. The fourth-order valence-corrected chi connectivity index (χ4v) is 7.85. The second kappa shape index (κ2) is 7.14. The third-order valence-electron chi connectivity index (χ3n) is 4.73. The quantitative estimate of drug-likeness (QED) is 0.810. The van der Waals surface area contributed by atoms with Crippen LogP contribution in [0.4, 0.5) is 0 Å². The first-order chi connectivity index (χ1) is 11.6. The topological polar surface area (TPSA) is 52.3 Å². The van der Waals surface area contributed by atoms with Crippen LogP contribution in [-0.2, 0) is 9.22 Å². The lowest BCUT2D eigenvalue weighted by Crippen LogP contribution is -2.67. The Balaban J connectivity index is 2.63. The van der Waals surface area contributed by atoms with Gasteiger partial charge in [0.15, 0.2) is 0 Å². The van der Waals surface area contributed by atoms with Gasteiger partial charge in [-0.25, -0.2) is 0 Å². The van der Waals surface area contributed by atoms with E-state index in [1.807, 2.05) is 50.2 Å². The molecule has 2 rings (SSSR count). The lowest BCUT2D eigenvalue weighted by atomic mass is 9.94. The summed E-state index contributed by atoms with van der Waals surface area (Å²) in [6.07, 6.45) is 0. The smallest absolute Gasteiger partial charge is 0.225 e. The van der Waals surface area contributed by atoms with Crippen LogP contribution in [0.2, 0.25) is 5.04 Å². The van der Waals surface area contributed by atoms with Gasteiger partial charge in [-0.1, -0.05) is 81.4 Å². The molecule has 2 aromatic rings. The normalized spacial score (nSPS) is 12.8. The molecule has 0 heterocycles. The molecular weight excluding hydrogens is 326 g/mol. The largest absolute Gasteiger partial charge is 0.557 e. The van der Waals surface area contributed by atoms with E-state index in [1.165, 1.54) is 10.4 Å². The molecule has 0 atom stereocenters. The van der Waals surface area contributed by atoms with E-state index < -0.39 is 13.7 Å². The Morgan fingerprint density at radius 2 is 1.28 bits per heavy atom. The summed E-state index contributed by atoms with van der Waals surface area (Å²) in [7, 11) is -2.61. The predicted molar refractivity (Wildman–Crippen MR) is 107 cm³/mol. The van der Waals surface area contributed by atoms with Gasteiger partial charge in [0, 0.05) is 6.61 Å². The maximum Gasteiger partial charge on any atom is 0.225 e. The molecule has 0 aliphatic carbocycles. The molecule has 0 bridgehead atoms. The molecule has 0 saturated heterocycles. The van der Waals surface area contributed by atoms with E-state index in [0.29, 0.717) is 6.61 Å². The third-order valence-corrected chi connectivity index (χ3v) is 9.72. The number of carbonyl (C=O) groups excluding carboxylic acids is 1. The first-order valence-corrected chi connectivity index (χ1v) is 10.6. The number of carbonyl (C=O) groups is 1. The minimum atomic E-state index is -2.61. The number of benzene rings is 2. The molecule has 25 heavy (non-hydrogen) atoms. The Morgan fingerprint density at radius 3 is 1.60 bits per heavy atom. The summed E-state index contributed by atoms with van der Waals surface area (Å²) in [5, 5.41) is 2.30. The van der Waals surface area contributed by atoms with Crippen molar-refractivity contribution < 1.29 is 9.22 Å². The maximum atomic E-state index is 11.8. The number of hydrogen-bond acceptors (Lipinski definition) is 2. The zero-order valence-corrected chi connectivity index (χ0v) is 16.9. The molecule has 4 heteroatoms. The van der Waals surface area contributed by atoms with E-state index in [2.05, 4.69) is 45.0 Å². The highest BCUT2D eigenvalue weighted by atomic mass is 28.4. The molecular formula is C21H29NO2Si-. The number of nitrogens with two attached hydrogens (primary N) is 1. The summed E-state index contributed by atoms with van der Waals surface area (Å²) in [4.78, 5) is 11.8. The van der Waals surface area contributed by atoms with Crippen LogP contribution in [0.1, 0.15) is 34.6 Å². The van der Waals surface area contributed by atoms with Gasteiger partial charge in [-0.2, -0.15) is 10.4 Å². The van der Waals surface area contributed by atoms with Gasteiger partial charge in [-0.3, -0.25) is 4.79 Å². The number of rotatable bonds is 6. The summed E-state index contributed by atoms with van der Waals surface area (Å²) >= 11 is 0.